The van der Waals surface area contributed by atoms with Gasteiger partial charge in [-0.15, -0.1) is 26.3 Å². The molecule has 1 aromatic rings. The van der Waals surface area contributed by atoms with E-state index in [2.05, 4.69) is 9.47 Å². The first kappa shape index (κ1) is 12.5. The van der Waals surface area contributed by atoms with Crippen LogP contribution in [0, 0.1) is 6.07 Å². The average Bonchev–Trinajstić information content (AvgIpc) is 1.96. The molecule has 0 heterocycles. The Bertz CT molecular complexity index is 325. The molecule has 0 fully saturated rings. The minimum Gasteiger partial charge on any atom is -0.406 e. The number of rotatable bonds is 2. The summed E-state index contributed by atoms with van der Waals surface area (Å²) >= 11 is 0. The van der Waals surface area contributed by atoms with Crippen LogP contribution in [0.25, 0.3) is 0 Å². The first-order valence-electron chi connectivity index (χ1n) is 3.68. The maximum absolute atomic E-state index is 11.7. The van der Waals surface area contributed by atoms with E-state index in [-0.39, 0.29) is 0 Å². The molecule has 1 rings (SSSR count). The van der Waals surface area contributed by atoms with Crippen molar-refractivity contribution in [1.29, 1.82) is 0 Å². The van der Waals surface area contributed by atoms with E-state index in [1.54, 1.807) is 0 Å². The van der Waals surface area contributed by atoms with E-state index in [0.717, 1.165) is 12.1 Å². The average molecular weight is 245 g/mol. The highest BCUT2D eigenvalue weighted by atomic mass is 19.4. The van der Waals surface area contributed by atoms with Crippen molar-refractivity contribution < 1.29 is 35.8 Å². The molecule has 0 unspecified atom stereocenters. The maximum Gasteiger partial charge on any atom is 0.573 e. The molecule has 89 valence electrons. The summed E-state index contributed by atoms with van der Waals surface area (Å²) in [4.78, 5) is 0. The fourth-order valence-corrected chi connectivity index (χ4v) is 0.815. The van der Waals surface area contributed by atoms with Crippen molar-refractivity contribution in [3.8, 4) is 11.5 Å². The molecule has 1 radical (unpaired) electrons. The maximum atomic E-state index is 11.7. The molecule has 8 heteroatoms. The number of ether oxygens (including phenoxy) is 2. The minimum atomic E-state index is -4.98. The van der Waals surface area contributed by atoms with Gasteiger partial charge in [0.05, 0.1) is 0 Å². The Morgan fingerprint density at radius 1 is 0.812 bits per heavy atom. The van der Waals surface area contributed by atoms with Gasteiger partial charge in [-0.25, -0.2) is 0 Å². The van der Waals surface area contributed by atoms with Crippen LogP contribution in [-0.2, 0) is 0 Å². The van der Waals surface area contributed by atoms with Crippen LogP contribution in [0.3, 0.4) is 0 Å². The fraction of sp³-hybridized carbons (Fsp3) is 0.250. The summed E-state index contributed by atoms with van der Waals surface area (Å²) in [6.07, 6.45) is -9.96. The number of alkyl halides is 6. The van der Waals surface area contributed by atoms with Crippen LogP contribution in [0.2, 0.25) is 0 Å². The van der Waals surface area contributed by atoms with Gasteiger partial charge in [0, 0.05) is 6.07 Å². The molecule has 16 heavy (non-hydrogen) atoms. The highest BCUT2D eigenvalue weighted by molar-refractivity contribution is 5.32. The lowest BCUT2D eigenvalue weighted by Crippen LogP contribution is -2.18. The molecule has 1 aromatic carbocycles. The molecule has 0 saturated heterocycles. The SMILES string of the molecule is FC(F)(F)Oc1c[c]cc(OC(F)(F)F)c1. The van der Waals surface area contributed by atoms with Gasteiger partial charge in [0.1, 0.15) is 11.5 Å². The van der Waals surface area contributed by atoms with Crippen molar-refractivity contribution in [1.82, 2.24) is 0 Å². The molecule has 0 spiro atoms. The van der Waals surface area contributed by atoms with Crippen LogP contribution >= 0.6 is 0 Å². The third kappa shape index (κ3) is 4.76. The fourth-order valence-electron chi connectivity index (χ4n) is 0.815. The lowest BCUT2D eigenvalue weighted by Gasteiger charge is -2.11. The zero-order valence-corrected chi connectivity index (χ0v) is 7.32. The number of halogens is 6. The van der Waals surface area contributed by atoms with E-state index < -0.39 is 24.2 Å². The lowest BCUT2D eigenvalue weighted by atomic mass is 10.3. The van der Waals surface area contributed by atoms with Gasteiger partial charge < -0.3 is 9.47 Å². The summed E-state index contributed by atoms with van der Waals surface area (Å²) in [5.74, 6) is -1.68. The Morgan fingerprint density at radius 2 is 1.19 bits per heavy atom. The number of benzene rings is 1. The van der Waals surface area contributed by atoms with Crippen molar-refractivity contribution in [3.05, 3.63) is 24.3 Å². The molecule has 0 aromatic heterocycles. The van der Waals surface area contributed by atoms with Crippen LogP contribution in [0.1, 0.15) is 0 Å². The Kier molecular flexibility index (Phi) is 3.20. The zero-order chi connectivity index (χ0) is 12.4. The van der Waals surface area contributed by atoms with Crippen molar-refractivity contribution in [2.24, 2.45) is 0 Å². The van der Waals surface area contributed by atoms with Crippen molar-refractivity contribution >= 4 is 0 Å². The predicted octanol–water partition coefficient (Wildman–Crippen LogP) is 3.28. The zero-order valence-electron chi connectivity index (χ0n) is 7.32. The summed E-state index contributed by atoms with van der Waals surface area (Å²) in [5.41, 5.74) is 0. The van der Waals surface area contributed by atoms with Gasteiger partial charge in [-0.2, -0.15) is 0 Å². The second kappa shape index (κ2) is 4.11. The highest BCUT2D eigenvalue weighted by Crippen LogP contribution is 2.28. The molecule has 0 saturated carbocycles. The summed E-state index contributed by atoms with van der Waals surface area (Å²) in [5, 5.41) is 0. The minimum absolute atomic E-state index is 0.456. The molecule has 0 aliphatic heterocycles. The normalized spacial score (nSPS) is 12.4. The highest BCUT2D eigenvalue weighted by Gasteiger charge is 2.33. The van der Waals surface area contributed by atoms with E-state index in [1.807, 2.05) is 6.07 Å². The van der Waals surface area contributed by atoms with Gasteiger partial charge in [0.2, 0.25) is 0 Å². The molecule has 0 atom stereocenters. The molecule has 0 amide bonds. The lowest BCUT2D eigenvalue weighted by molar-refractivity contribution is -0.276. The van der Waals surface area contributed by atoms with Crippen molar-refractivity contribution in [3.63, 3.8) is 0 Å². The summed E-state index contributed by atoms with van der Waals surface area (Å²) in [7, 11) is 0. The van der Waals surface area contributed by atoms with Crippen LogP contribution in [0.15, 0.2) is 18.2 Å². The van der Waals surface area contributed by atoms with E-state index in [0.29, 0.717) is 6.07 Å². The number of hydrogen-bond donors (Lipinski definition) is 0. The third-order valence-electron chi connectivity index (χ3n) is 1.20. The van der Waals surface area contributed by atoms with E-state index >= 15 is 0 Å². The summed E-state index contributed by atoms with van der Waals surface area (Å²) in [6, 6.07) is 3.95. The van der Waals surface area contributed by atoms with E-state index in [1.165, 1.54) is 0 Å². The van der Waals surface area contributed by atoms with Gasteiger partial charge >= 0.3 is 12.7 Å². The number of hydrogen-bond acceptors (Lipinski definition) is 2. The standard InChI is InChI=1S/C8H3F6O2/c9-7(10,11)15-5-2-1-3-6(4-5)16-8(12,13)14/h2-4H. The van der Waals surface area contributed by atoms with Gasteiger partial charge in [-0.3, -0.25) is 0 Å². The molecule has 2 nitrogen and oxygen atoms in total. The molecule has 0 aliphatic rings. The van der Waals surface area contributed by atoms with Gasteiger partial charge in [-0.05, 0) is 18.2 Å². The Hall–Kier alpha value is -1.60. The first-order valence-corrected chi connectivity index (χ1v) is 3.68. The second-order valence-corrected chi connectivity index (χ2v) is 2.50. The molecule has 0 bridgehead atoms. The van der Waals surface area contributed by atoms with Gasteiger partial charge in [0.15, 0.2) is 0 Å². The third-order valence-corrected chi connectivity index (χ3v) is 1.20. The smallest absolute Gasteiger partial charge is 0.406 e. The Labute approximate surface area is 85.4 Å². The first-order chi connectivity index (χ1) is 7.16. The topological polar surface area (TPSA) is 18.5 Å². The molecule has 0 aliphatic carbocycles. The Balaban J connectivity index is 2.79. The van der Waals surface area contributed by atoms with E-state index in [4.69, 9.17) is 0 Å². The second-order valence-electron chi connectivity index (χ2n) is 2.50. The summed E-state index contributed by atoms with van der Waals surface area (Å²) in [6.45, 7) is 0. The van der Waals surface area contributed by atoms with Crippen LogP contribution < -0.4 is 9.47 Å². The molecular weight excluding hydrogens is 242 g/mol. The molecular formula is C8H3F6O2. The largest absolute Gasteiger partial charge is 0.573 e. The van der Waals surface area contributed by atoms with Crippen LogP contribution in [0.4, 0.5) is 26.3 Å². The van der Waals surface area contributed by atoms with Gasteiger partial charge in [0.25, 0.3) is 0 Å². The summed E-state index contributed by atoms with van der Waals surface area (Å²) < 4.78 is 77.0. The van der Waals surface area contributed by atoms with Crippen molar-refractivity contribution in [2.45, 2.75) is 12.7 Å². The molecule has 0 N–H and O–H groups in total. The van der Waals surface area contributed by atoms with Crippen LogP contribution in [-0.4, -0.2) is 12.7 Å². The van der Waals surface area contributed by atoms with Crippen LogP contribution in [0.5, 0.6) is 11.5 Å². The van der Waals surface area contributed by atoms with Gasteiger partial charge in [-0.1, -0.05) is 0 Å². The van der Waals surface area contributed by atoms with E-state index in [9.17, 15) is 26.3 Å². The predicted molar refractivity (Wildman–Crippen MR) is 38.6 cm³/mol. The monoisotopic (exact) mass is 245 g/mol. The Morgan fingerprint density at radius 3 is 1.50 bits per heavy atom. The van der Waals surface area contributed by atoms with Crippen molar-refractivity contribution in [2.75, 3.05) is 0 Å². The quantitative estimate of drug-likeness (QED) is 0.744.